The van der Waals surface area contributed by atoms with Crippen LogP contribution in [0.25, 0.3) is 0 Å². The fourth-order valence-corrected chi connectivity index (χ4v) is 2.33. The van der Waals surface area contributed by atoms with Crippen LogP contribution in [0.3, 0.4) is 0 Å². The van der Waals surface area contributed by atoms with Gasteiger partial charge in [-0.05, 0) is 37.0 Å². The molecule has 0 spiro atoms. The molecule has 2 rings (SSSR count). The molecule has 1 aromatic carbocycles. The summed E-state index contributed by atoms with van der Waals surface area (Å²) in [5.41, 5.74) is 1.39. The zero-order chi connectivity index (χ0) is 11.6. The van der Waals surface area contributed by atoms with Crippen molar-refractivity contribution in [2.24, 2.45) is 0 Å². The number of methoxy groups -OCH3 is 2. The van der Waals surface area contributed by atoms with E-state index in [2.05, 4.69) is 6.07 Å². The molecular weight excluding hydrogens is 202 g/mol. The van der Waals surface area contributed by atoms with Gasteiger partial charge in [0.1, 0.15) is 11.8 Å². The number of nitrogens with zero attached hydrogens (tertiary/aromatic N) is 1. The van der Waals surface area contributed by atoms with Crippen molar-refractivity contribution in [2.45, 2.75) is 24.9 Å². The topological polar surface area (TPSA) is 42.2 Å². The average molecular weight is 217 g/mol. The molecule has 0 saturated heterocycles. The summed E-state index contributed by atoms with van der Waals surface area (Å²) >= 11 is 0. The third kappa shape index (κ3) is 1.56. The first-order valence-electron chi connectivity index (χ1n) is 5.39. The minimum Gasteiger partial charge on any atom is -0.497 e. The summed E-state index contributed by atoms with van der Waals surface area (Å²) in [6.45, 7) is 0. The number of nitriles is 1. The Bertz CT molecular complexity index is 436. The first-order chi connectivity index (χ1) is 7.75. The maximum absolute atomic E-state index is 9.31. The summed E-state index contributed by atoms with van der Waals surface area (Å²) in [6, 6.07) is 8.13. The highest BCUT2D eigenvalue weighted by molar-refractivity contribution is 5.43. The molecule has 0 radical (unpaired) electrons. The number of hydrogen-bond acceptors (Lipinski definition) is 3. The molecule has 16 heavy (non-hydrogen) atoms. The Morgan fingerprint density at radius 3 is 2.81 bits per heavy atom. The van der Waals surface area contributed by atoms with Crippen molar-refractivity contribution < 1.29 is 9.47 Å². The standard InChI is InChI=1S/C13H15NO2/c1-15-11-5-6-12-10(8-11)4-3-7-13(12,9-14)16-2/h5-6,8H,3-4,7H2,1-2H3. The number of hydrogen-bond donors (Lipinski definition) is 0. The lowest BCUT2D eigenvalue weighted by Gasteiger charge is -2.32. The summed E-state index contributed by atoms with van der Waals surface area (Å²) in [5.74, 6) is 0.837. The number of aryl methyl sites for hydroxylation is 1. The fourth-order valence-electron chi connectivity index (χ4n) is 2.33. The van der Waals surface area contributed by atoms with Gasteiger partial charge in [0.2, 0.25) is 0 Å². The largest absolute Gasteiger partial charge is 0.497 e. The molecule has 1 unspecified atom stereocenters. The summed E-state index contributed by atoms with van der Waals surface area (Å²) in [4.78, 5) is 0. The Hall–Kier alpha value is -1.53. The molecule has 3 heteroatoms. The molecule has 0 amide bonds. The summed E-state index contributed by atoms with van der Waals surface area (Å²) in [7, 11) is 3.25. The number of rotatable bonds is 2. The van der Waals surface area contributed by atoms with E-state index in [1.807, 2.05) is 18.2 Å². The molecule has 1 aromatic rings. The molecule has 1 aliphatic carbocycles. The second-order valence-electron chi connectivity index (χ2n) is 4.02. The van der Waals surface area contributed by atoms with Crippen molar-refractivity contribution in [2.75, 3.05) is 14.2 Å². The Kier molecular flexibility index (Phi) is 2.84. The van der Waals surface area contributed by atoms with Crippen LogP contribution in [0.2, 0.25) is 0 Å². The van der Waals surface area contributed by atoms with Crippen LogP contribution in [0.5, 0.6) is 5.75 Å². The Morgan fingerprint density at radius 2 is 2.19 bits per heavy atom. The van der Waals surface area contributed by atoms with Gasteiger partial charge in [0.05, 0.1) is 7.11 Å². The molecule has 84 valence electrons. The van der Waals surface area contributed by atoms with Gasteiger partial charge in [0.15, 0.2) is 5.60 Å². The molecule has 0 saturated carbocycles. The number of ether oxygens (including phenoxy) is 2. The van der Waals surface area contributed by atoms with Gasteiger partial charge >= 0.3 is 0 Å². The van der Waals surface area contributed by atoms with E-state index in [1.165, 1.54) is 0 Å². The van der Waals surface area contributed by atoms with Crippen LogP contribution < -0.4 is 4.74 Å². The average Bonchev–Trinajstić information content (AvgIpc) is 2.37. The molecule has 1 atom stereocenters. The third-order valence-corrected chi connectivity index (χ3v) is 3.25. The van der Waals surface area contributed by atoms with Crippen LogP contribution in [0.4, 0.5) is 0 Å². The van der Waals surface area contributed by atoms with Gasteiger partial charge in [-0.2, -0.15) is 5.26 Å². The molecule has 0 fully saturated rings. The molecule has 0 heterocycles. The smallest absolute Gasteiger partial charge is 0.179 e. The lowest BCUT2D eigenvalue weighted by Crippen LogP contribution is -2.31. The van der Waals surface area contributed by atoms with Gasteiger partial charge in [0.25, 0.3) is 0 Å². The van der Waals surface area contributed by atoms with Crippen LogP contribution in [-0.2, 0) is 16.8 Å². The summed E-state index contributed by atoms with van der Waals surface area (Å²) < 4.78 is 10.6. The van der Waals surface area contributed by atoms with Crippen molar-refractivity contribution in [1.29, 1.82) is 5.26 Å². The highest BCUT2D eigenvalue weighted by Crippen LogP contribution is 2.38. The zero-order valence-electron chi connectivity index (χ0n) is 9.62. The second-order valence-corrected chi connectivity index (χ2v) is 4.02. The van der Waals surface area contributed by atoms with E-state index in [-0.39, 0.29) is 0 Å². The normalized spacial score (nSPS) is 23.3. The molecule has 0 bridgehead atoms. The minimum atomic E-state index is -0.764. The molecule has 0 aromatic heterocycles. The van der Waals surface area contributed by atoms with E-state index < -0.39 is 5.60 Å². The first kappa shape index (κ1) is 11.0. The third-order valence-electron chi connectivity index (χ3n) is 3.25. The fraction of sp³-hybridized carbons (Fsp3) is 0.462. The zero-order valence-corrected chi connectivity index (χ0v) is 9.62. The van der Waals surface area contributed by atoms with E-state index in [1.54, 1.807) is 14.2 Å². The highest BCUT2D eigenvalue weighted by atomic mass is 16.5. The monoisotopic (exact) mass is 217 g/mol. The van der Waals surface area contributed by atoms with Crippen LogP contribution in [0.15, 0.2) is 18.2 Å². The van der Waals surface area contributed by atoms with Gasteiger partial charge in [-0.1, -0.05) is 6.07 Å². The predicted molar refractivity (Wildman–Crippen MR) is 60.2 cm³/mol. The lowest BCUT2D eigenvalue weighted by molar-refractivity contribution is 0.0212. The maximum atomic E-state index is 9.31. The van der Waals surface area contributed by atoms with Crippen molar-refractivity contribution in [3.8, 4) is 11.8 Å². The highest BCUT2D eigenvalue weighted by Gasteiger charge is 2.36. The van der Waals surface area contributed by atoms with Gasteiger partial charge in [-0.15, -0.1) is 0 Å². The van der Waals surface area contributed by atoms with E-state index in [4.69, 9.17) is 9.47 Å². The van der Waals surface area contributed by atoms with Crippen molar-refractivity contribution in [1.82, 2.24) is 0 Å². The van der Waals surface area contributed by atoms with E-state index in [9.17, 15) is 5.26 Å². The van der Waals surface area contributed by atoms with Gasteiger partial charge in [-0.25, -0.2) is 0 Å². The van der Waals surface area contributed by atoms with Crippen molar-refractivity contribution >= 4 is 0 Å². The quantitative estimate of drug-likeness (QED) is 0.763. The SMILES string of the molecule is COc1ccc2c(c1)CCCC2(C#N)OC. The van der Waals surface area contributed by atoms with Crippen LogP contribution in [-0.4, -0.2) is 14.2 Å². The Labute approximate surface area is 95.6 Å². The van der Waals surface area contributed by atoms with E-state index in [0.29, 0.717) is 0 Å². The van der Waals surface area contributed by atoms with Crippen molar-refractivity contribution in [3.63, 3.8) is 0 Å². The number of fused-ring (bicyclic) bond motifs is 1. The van der Waals surface area contributed by atoms with Crippen LogP contribution in [0, 0.1) is 11.3 Å². The Balaban J connectivity index is 2.52. The van der Waals surface area contributed by atoms with Gasteiger partial charge < -0.3 is 9.47 Å². The number of benzene rings is 1. The van der Waals surface area contributed by atoms with E-state index >= 15 is 0 Å². The van der Waals surface area contributed by atoms with Crippen LogP contribution >= 0.6 is 0 Å². The molecule has 1 aliphatic rings. The van der Waals surface area contributed by atoms with Crippen molar-refractivity contribution in [3.05, 3.63) is 29.3 Å². The summed E-state index contributed by atoms with van der Waals surface area (Å²) in [6.07, 6.45) is 2.72. The molecule has 3 nitrogen and oxygen atoms in total. The lowest BCUT2D eigenvalue weighted by atomic mass is 9.80. The molecule has 0 N–H and O–H groups in total. The maximum Gasteiger partial charge on any atom is 0.179 e. The molecular formula is C13H15NO2. The van der Waals surface area contributed by atoms with Gasteiger partial charge in [-0.3, -0.25) is 0 Å². The summed E-state index contributed by atoms with van der Waals surface area (Å²) in [5, 5.41) is 9.31. The minimum absolute atomic E-state index is 0.763. The van der Waals surface area contributed by atoms with Crippen LogP contribution in [0.1, 0.15) is 24.0 Å². The first-order valence-corrected chi connectivity index (χ1v) is 5.39. The molecule has 0 aliphatic heterocycles. The van der Waals surface area contributed by atoms with Gasteiger partial charge in [0, 0.05) is 12.7 Å². The van der Waals surface area contributed by atoms with E-state index in [0.717, 1.165) is 36.1 Å². The predicted octanol–water partition coefficient (Wildman–Crippen LogP) is 2.40. The second kappa shape index (κ2) is 4.15. The Morgan fingerprint density at radius 1 is 1.38 bits per heavy atom.